The summed E-state index contributed by atoms with van der Waals surface area (Å²) in [5.74, 6) is 0.936. The second-order valence-electron chi connectivity index (χ2n) is 6.16. The molecule has 0 aromatic rings. The normalized spacial score (nSPS) is 31.7. The molecule has 18 heavy (non-hydrogen) atoms. The molecule has 1 aliphatic heterocycles. The number of hydrogen-bond donors (Lipinski definition) is 1. The molecule has 0 amide bonds. The van der Waals surface area contributed by atoms with Crippen LogP contribution < -0.4 is 5.32 Å². The first-order valence-electron chi connectivity index (χ1n) is 7.94. The van der Waals surface area contributed by atoms with Gasteiger partial charge in [-0.1, -0.05) is 26.2 Å². The van der Waals surface area contributed by atoms with Crippen molar-refractivity contribution in [1.82, 2.24) is 15.1 Å². The summed E-state index contributed by atoms with van der Waals surface area (Å²) in [7, 11) is 2.23. The van der Waals surface area contributed by atoms with Crippen LogP contribution in [0.3, 0.4) is 0 Å². The Labute approximate surface area is 113 Å². The fourth-order valence-electron chi connectivity index (χ4n) is 3.44. The molecule has 0 radical (unpaired) electrons. The van der Waals surface area contributed by atoms with Crippen molar-refractivity contribution in [2.75, 3.05) is 46.3 Å². The third-order valence-corrected chi connectivity index (χ3v) is 4.86. The summed E-state index contributed by atoms with van der Waals surface area (Å²) in [6.45, 7) is 9.75. The van der Waals surface area contributed by atoms with Gasteiger partial charge in [-0.15, -0.1) is 0 Å². The highest BCUT2D eigenvalue weighted by molar-refractivity contribution is 4.80. The van der Waals surface area contributed by atoms with E-state index in [0.717, 1.165) is 12.0 Å². The standard InChI is InChI=1S/C15H31N3/c1-3-14-6-4-5-7-15(14)16-8-9-18-12-10-17(2)11-13-18/h14-16H,3-13H2,1-2H3. The summed E-state index contributed by atoms with van der Waals surface area (Å²) in [5, 5.41) is 3.83. The lowest BCUT2D eigenvalue weighted by Crippen LogP contribution is -2.48. The maximum atomic E-state index is 3.83. The molecule has 1 N–H and O–H groups in total. The third kappa shape index (κ3) is 4.22. The Morgan fingerprint density at radius 1 is 1.06 bits per heavy atom. The lowest BCUT2D eigenvalue weighted by Gasteiger charge is -2.35. The Kier molecular flexibility index (Phi) is 5.93. The van der Waals surface area contributed by atoms with Crippen molar-refractivity contribution in [3.8, 4) is 0 Å². The lowest BCUT2D eigenvalue weighted by atomic mass is 9.83. The van der Waals surface area contributed by atoms with Crippen molar-refractivity contribution in [3.05, 3.63) is 0 Å². The predicted molar refractivity (Wildman–Crippen MR) is 78.0 cm³/mol. The molecule has 2 aliphatic rings. The molecular formula is C15H31N3. The molecule has 2 unspecified atom stereocenters. The van der Waals surface area contributed by atoms with Crippen molar-refractivity contribution in [2.24, 2.45) is 5.92 Å². The SMILES string of the molecule is CCC1CCCCC1NCCN1CCN(C)CC1. The monoisotopic (exact) mass is 253 g/mol. The number of likely N-dealkylation sites (N-methyl/N-ethyl adjacent to an activating group) is 1. The number of hydrogen-bond acceptors (Lipinski definition) is 3. The van der Waals surface area contributed by atoms with Crippen LogP contribution in [0.4, 0.5) is 0 Å². The summed E-state index contributed by atoms with van der Waals surface area (Å²) >= 11 is 0. The predicted octanol–water partition coefficient (Wildman–Crippen LogP) is 1.79. The fourth-order valence-corrected chi connectivity index (χ4v) is 3.44. The lowest BCUT2D eigenvalue weighted by molar-refractivity contribution is 0.150. The van der Waals surface area contributed by atoms with E-state index in [9.17, 15) is 0 Å². The zero-order valence-corrected chi connectivity index (χ0v) is 12.3. The average molecular weight is 253 g/mol. The van der Waals surface area contributed by atoms with Gasteiger partial charge in [0.25, 0.3) is 0 Å². The molecule has 3 heteroatoms. The summed E-state index contributed by atoms with van der Waals surface area (Å²) in [5.41, 5.74) is 0. The van der Waals surface area contributed by atoms with E-state index in [1.165, 1.54) is 71.4 Å². The van der Waals surface area contributed by atoms with Crippen molar-refractivity contribution < 1.29 is 0 Å². The highest BCUT2D eigenvalue weighted by Gasteiger charge is 2.23. The van der Waals surface area contributed by atoms with Crippen LogP contribution in [-0.4, -0.2) is 62.2 Å². The highest BCUT2D eigenvalue weighted by Crippen LogP contribution is 2.26. The van der Waals surface area contributed by atoms with Gasteiger partial charge in [0.05, 0.1) is 0 Å². The minimum absolute atomic E-state index is 0.802. The molecule has 2 fully saturated rings. The third-order valence-electron chi connectivity index (χ3n) is 4.86. The molecule has 3 nitrogen and oxygen atoms in total. The zero-order chi connectivity index (χ0) is 12.8. The van der Waals surface area contributed by atoms with Crippen LogP contribution in [0.1, 0.15) is 39.0 Å². The second-order valence-corrected chi connectivity index (χ2v) is 6.16. The van der Waals surface area contributed by atoms with Crippen LogP contribution >= 0.6 is 0 Å². The second kappa shape index (κ2) is 7.46. The first-order chi connectivity index (χ1) is 8.79. The number of nitrogens with one attached hydrogen (secondary N) is 1. The highest BCUT2D eigenvalue weighted by atomic mass is 15.2. The van der Waals surface area contributed by atoms with E-state index in [4.69, 9.17) is 0 Å². The van der Waals surface area contributed by atoms with Gasteiger partial charge in [-0.05, 0) is 25.8 Å². The maximum Gasteiger partial charge on any atom is 0.0110 e. The van der Waals surface area contributed by atoms with Gasteiger partial charge < -0.3 is 10.2 Å². The van der Waals surface area contributed by atoms with Crippen LogP contribution in [0, 0.1) is 5.92 Å². The minimum atomic E-state index is 0.802. The molecule has 0 aromatic heterocycles. The van der Waals surface area contributed by atoms with E-state index in [1.54, 1.807) is 0 Å². The summed E-state index contributed by atoms with van der Waals surface area (Å²) < 4.78 is 0. The van der Waals surface area contributed by atoms with Crippen molar-refractivity contribution >= 4 is 0 Å². The first-order valence-corrected chi connectivity index (χ1v) is 7.94. The van der Waals surface area contributed by atoms with E-state index in [2.05, 4.69) is 29.1 Å². The van der Waals surface area contributed by atoms with Crippen molar-refractivity contribution in [3.63, 3.8) is 0 Å². The minimum Gasteiger partial charge on any atom is -0.312 e. The molecule has 106 valence electrons. The Morgan fingerprint density at radius 3 is 2.50 bits per heavy atom. The van der Waals surface area contributed by atoms with Crippen LogP contribution in [0.15, 0.2) is 0 Å². The summed E-state index contributed by atoms with van der Waals surface area (Å²) in [6, 6.07) is 0.802. The van der Waals surface area contributed by atoms with Gasteiger partial charge in [-0.25, -0.2) is 0 Å². The van der Waals surface area contributed by atoms with Gasteiger partial charge in [0, 0.05) is 45.3 Å². The Morgan fingerprint density at radius 2 is 1.78 bits per heavy atom. The van der Waals surface area contributed by atoms with Crippen LogP contribution in [0.25, 0.3) is 0 Å². The van der Waals surface area contributed by atoms with Gasteiger partial charge in [0.2, 0.25) is 0 Å². The van der Waals surface area contributed by atoms with Crippen molar-refractivity contribution in [2.45, 2.75) is 45.1 Å². The molecule has 2 atom stereocenters. The van der Waals surface area contributed by atoms with E-state index >= 15 is 0 Å². The number of nitrogens with zero attached hydrogens (tertiary/aromatic N) is 2. The molecule has 1 heterocycles. The Balaban J connectivity index is 1.62. The fraction of sp³-hybridized carbons (Fsp3) is 1.00. The molecule has 0 aromatic carbocycles. The molecular weight excluding hydrogens is 222 g/mol. The zero-order valence-electron chi connectivity index (χ0n) is 12.3. The summed E-state index contributed by atoms with van der Waals surface area (Å²) in [6.07, 6.45) is 7.09. The average Bonchev–Trinajstić information content (AvgIpc) is 2.41. The van der Waals surface area contributed by atoms with Gasteiger partial charge in [-0.3, -0.25) is 4.90 Å². The smallest absolute Gasteiger partial charge is 0.0110 e. The largest absolute Gasteiger partial charge is 0.312 e. The van der Waals surface area contributed by atoms with Crippen molar-refractivity contribution in [1.29, 1.82) is 0 Å². The van der Waals surface area contributed by atoms with Crippen LogP contribution in [0.2, 0.25) is 0 Å². The quantitative estimate of drug-likeness (QED) is 0.806. The van der Waals surface area contributed by atoms with Crippen LogP contribution in [-0.2, 0) is 0 Å². The molecule has 1 aliphatic carbocycles. The number of rotatable bonds is 5. The van der Waals surface area contributed by atoms with Crippen LogP contribution in [0.5, 0.6) is 0 Å². The van der Waals surface area contributed by atoms with Gasteiger partial charge in [-0.2, -0.15) is 0 Å². The maximum absolute atomic E-state index is 3.83. The topological polar surface area (TPSA) is 18.5 Å². The molecule has 0 bridgehead atoms. The van der Waals surface area contributed by atoms with E-state index in [1.807, 2.05) is 0 Å². The van der Waals surface area contributed by atoms with Gasteiger partial charge in [0.1, 0.15) is 0 Å². The molecule has 2 rings (SSSR count). The Hall–Kier alpha value is -0.120. The summed E-state index contributed by atoms with van der Waals surface area (Å²) in [4.78, 5) is 5.04. The van der Waals surface area contributed by atoms with E-state index in [-0.39, 0.29) is 0 Å². The molecule has 1 saturated heterocycles. The molecule has 1 saturated carbocycles. The van der Waals surface area contributed by atoms with Gasteiger partial charge in [0.15, 0.2) is 0 Å². The van der Waals surface area contributed by atoms with Gasteiger partial charge >= 0.3 is 0 Å². The molecule has 0 spiro atoms. The Bertz CT molecular complexity index is 224. The first kappa shape index (κ1) is 14.3. The van der Waals surface area contributed by atoms with E-state index in [0.29, 0.717) is 0 Å². The van der Waals surface area contributed by atoms with E-state index < -0.39 is 0 Å². The number of piperazine rings is 1.